The number of rotatable bonds is 9. The maximum Gasteiger partial charge on any atom is 0.259 e. The van der Waals surface area contributed by atoms with Crippen LogP contribution in [0.1, 0.15) is 28.8 Å². The fraction of sp³-hybridized carbons (Fsp3) is 0.409. The molecule has 0 saturated carbocycles. The van der Waals surface area contributed by atoms with Crippen LogP contribution in [-0.2, 0) is 17.1 Å². The number of H-pyrrole nitrogens is 1. The maximum absolute atomic E-state index is 12.6. The highest BCUT2D eigenvalue weighted by atomic mass is 32.2. The summed E-state index contributed by atoms with van der Waals surface area (Å²) in [5.74, 6) is 2.45. The second-order valence-electron chi connectivity index (χ2n) is 7.18. The Bertz CT molecular complexity index is 1160. The van der Waals surface area contributed by atoms with Gasteiger partial charge in [-0.25, -0.2) is 4.98 Å². The van der Waals surface area contributed by atoms with E-state index in [1.807, 2.05) is 20.8 Å². The number of thioether (sulfide) groups is 1. The van der Waals surface area contributed by atoms with Crippen LogP contribution < -0.4 is 25.1 Å². The van der Waals surface area contributed by atoms with E-state index in [2.05, 4.69) is 15.3 Å². The Morgan fingerprint density at radius 2 is 1.84 bits per heavy atom. The molecule has 1 amide bonds. The van der Waals surface area contributed by atoms with Gasteiger partial charge in [0.05, 0.1) is 37.7 Å². The van der Waals surface area contributed by atoms with Crippen molar-refractivity contribution in [3.63, 3.8) is 0 Å². The summed E-state index contributed by atoms with van der Waals surface area (Å²) >= 11 is 2.93. The molecule has 0 saturated heterocycles. The van der Waals surface area contributed by atoms with E-state index in [1.165, 1.54) is 23.1 Å². The topological polar surface area (TPSA) is 103 Å². The molecule has 1 aromatic carbocycles. The molecule has 0 aliphatic carbocycles. The number of carbonyl (C=O) groups is 1. The van der Waals surface area contributed by atoms with Gasteiger partial charge in [0.15, 0.2) is 11.5 Å². The zero-order valence-electron chi connectivity index (χ0n) is 19.0. The molecule has 0 bridgehead atoms. The van der Waals surface area contributed by atoms with Crippen LogP contribution >= 0.6 is 23.1 Å². The average Bonchev–Trinajstić information content (AvgIpc) is 3.08. The number of ether oxygens (including phenoxy) is 3. The molecule has 1 unspecified atom stereocenters. The fourth-order valence-corrected chi connectivity index (χ4v) is 5.05. The van der Waals surface area contributed by atoms with Crippen LogP contribution in [0.2, 0.25) is 0 Å². The van der Waals surface area contributed by atoms with E-state index < -0.39 is 0 Å². The number of benzene rings is 1. The molecule has 10 heteroatoms. The number of aromatic amines is 1. The van der Waals surface area contributed by atoms with Crippen LogP contribution in [0.15, 0.2) is 16.9 Å². The molecule has 32 heavy (non-hydrogen) atoms. The first-order valence-electron chi connectivity index (χ1n) is 9.96. The summed E-state index contributed by atoms with van der Waals surface area (Å²) in [6.45, 7) is 6.05. The Hall–Kier alpha value is -2.72. The Balaban J connectivity index is 1.62. The van der Waals surface area contributed by atoms with Crippen molar-refractivity contribution in [3.05, 3.63) is 44.3 Å². The van der Waals surface area contributed by atoms with Gasteiger partial charge in [0.2, 0.25) is 11.7 Å². The number of hydrogen-bond donors (Lipinski definition) is 2. The number of aryl methyl sites for hydroxylation is 2. The van der Waals surface area contributed by atoms with Gasteiger partial charge in [0, 0.05) is 11.4 Å². The number of carbonyl (C=O) groups excluding carboxylic acids is 1. The molecule has 2 aromatic heterocycles. The van der Waals surface area contributed by atoms with Crippen molar-refractivity contribution in [2.24, 2.45) is 0 Å². The lowest BCUT2D eigenvalue weighted by atomic mass is 10.1. The Morgan fingerprint density at radius 3 is 2.44 bits per heavy atom. The molecular formula is C22H27N3O5S2. The minimum Gasteiger partial charge on any atom is -0.493 e. The summed E-state index contributed by atoms with van der Waals surface area (Å²) in [5.41, 5.74) is 1.66. The van der Waals surface area contributed by atoms with Crippen LogP contribution in [-0.4, -0.2) is 42.5 Å². The molecule has 0 spiro atoms. The molecule has 0 radical (unpaired) electrons. The van der Waals surface area contributed by atoms with Crippen molar-refractivity contribution >= 4 is 39.2 Å². The second-order valence-corrected chi connectivity index (χ2v) is 9.71. The number of methoxy groups -OCH3 is 3. The van der Waals surface area contributed by atoms with Crippen molar-refractivity contribution < 1.29 is 19.0 Å². The van der Waals surface area contributed by atoms with Gasteiger partial charge in [0.1, 0.15) is 10.7 Å². The molecule has 2 heterocycles. The SMILES string of the molecule is COc1cc(CNC(=O)C(C)SCc2nc3sc(C)c(C)c3c(=O)[nH]2)cc(OC)c1OC. The van der Waals surface area contributed by atoms with Gasteiger partial charge in [-0.3, -0.25) is 9.59 Å². The van der Waals surface area contributed by atoms with Crippen molar-refractivity contribution in [2.75, 3.05) is 21.3 Å². The molecular weight excluding hydrogens is 450 g/mol. The van der Waals surface area contributed by atoms with Gasteiger partial charge in [-0.2, -0.15) is 0 Å². The Morgan fingerprint density at radius 1 is 1.19 bits per heavy atom. The van der Waals surface area contributed by atoms with E-state index in [4.69, 9.17) is 14.2 Å². The molecule has 8 nitrogen and oxygen atoms in total. The van der Waals surface area contributed by atoms with E-state index in [-0.39, 0.29) is 16.7 Å². The summed E-state index contributed by atoms with van der Waals surface area (Å²) < 4.78 is 16.0. The van der Waals surface area contributed by atoms with Crippen LogP contribution in [0, 0.1) is 13.8 Å². The van der Waals surface area contributed by atoms with Crippen LogP contribution in [0.4, 0.5) is 0 Å². The van der Waals surface area contributed by atoms with Gasteiger partial charge in [-0.15, -0.1) is 23.1 Å². The quantitative estimate of drug-likeness (QED) is 0.486. The zero-order chi connectivity index (χ0) is 23.4. The molecule has 1 atom stereocenters. The van der Waals surface area contributed by atoms with Crippen molar-refractivity contribution in [3.8, 4) is 17.2 Å². The van der Waals surface area contributed by atoms with Crippen LogP contribution in [0.5, 0.6) is 17.2 Å². The maximum atomic E-state index is 12.6. The number of aromatic nitrogens is 2. The Kier molecular flexibility index (Phi) is 7.68. The highest BCUT2D eigenvalue weighted by Crippen LogP contribution is 2.38. The Labute approximate surface area is 194 Å². The molecule has 0 fully saturated rings. The number of fused-ring (bicyclic) bond motifs is 1. The fourth-order valence-electron chi connectivity index (χ4n) is 3.22. The number of nitrogens with zero attached hydrogens (tertiary/aromatic N) is 1. The van der Waals surface area contributed by atoms with Gasteiger partial charge in [-0.05, 0) is 44.0 Å². The normalized spacial score (nSPS) is 11.9. The molecule has 2 N–H and O–H groups in total. The van der Waals surface area contributed by atoms with Gasteiger partial charge in [-0.1, -0.05) is 0 Å². The van der Waals surface area contributed by atoms with E-state index in [0.717, 1.165) is 20.8 Å². The second kappa shape index (κ2) is 10.3. The minimum absolute atomic E-state index is 0.116. The molecule has 0 aliphatic rings. The van der Waals surface area contributed by atoms with Gasteiger partial charge >= 0.3 is 0 Å². The third kappa shape index (κ3) is 5.02. The molecule has 3 rings (SSSR count). The average molecular weight is 478 g/mol. The molecule has 3 aromatic rings. The number of thiophene rings is 1. The third-order valence-electron chi connectivity index (χ3n) is 5.12. The summed E-state index contributed by atoms with van der Waals surface area (Å²) in [6, 6.07) is 3.60. The standard InChI is InChI=1S/C22H27N3O5S2/c1-11-12(2)32-22-18(11)21(27)24-17(25-22)10-31-13(3)20(26)23-9-14-7-15(28-4)19(30-6)16(8-14)29-5/h7-8,13H,9-10H2,1-6H3,(H,23,26)(H,24,25,27). The van der Waals surface area contributed by atoms with E-state index >= 15 is 0 Å². The van der Waals surface area contributed by atoms with Gasteiger partial charge in [0.25, 0.3) is 5.56 Å². The van der Waals surface area contributed by atoms with E-state index in [9.17, 15) is 9.59 Å². The summed E-state index contributed by atoms with van der Waals surface area (Å²) in [5, 5.41) is 3.25. The minimum atomic E-state index is -0.329. The first kappa shape index (κ1) is 23.9. The summed E-state index contributed by atoms with van der Waals surface area (Å²) in [4.78, 5) is 34.2. The van der Waals surface area contributed by atoms with Crippen molar-refractivity contribution in [1.29, 1.82) is 0 Å². The van der Waals surface area contributed by atoms with Crippen molar-refractivity contribution in [1.82, 2.24) is 15.3 Å². The predicted molar refractivity (Wildman–Crippen MR) is 128 cm³/mol. The first-order chi connectivity index (χ1) is 15.3. The third-order valence-corrected chi connectivity index (χ3v) is 7.37. The van der Waals surface area contributed by atoms with E-state index in [1.54, 1.807) is 33.5 Å². The number of amides is 1. The largest absolute Gasteiger partial charge is 0.493 e. The monoisotopic (exact) mass is 477 g/mol. The predicted octanol–water partition coefficient (Wildman–Crippen LogP) is 3.57. The highest BCUT2D eigenvalue weighted by molar-refractivity contribution is 7.99. The smallest absolute Gasteiger partial charge is 0.259 e. The molecule has 0 aliphatic heterocycles. The lowest BCUT2D eigenvalue weighted by Crippen LogP contribution is -2.30. The lowest BCUT2D eigenvalue weighted by molar-refractivity contribution is -0.120. The number of hydrogen-bond acceptors (Lipinski definition) is 8. The lowest BCUT2D eigenvalue weighted by Gasteiger charge is -2.15. The zero-order valence-corrected chi connectivity index (χ0v) is 20.6. The van der Waals surface area contributed by atoms with Crippen LogP contribution in [0.25, 0.3) is 10.2 Å². The van der Waals surface area contributed by atoms with Gasteiger partial charge < -0.3 is 24.5 Å². The summed E-state index contributed by atoms with van der Waals surface area (Å²) in [7, 11) is 4.64. The van der Waals surface area contributed by atoms with Crippen molar-refractivity contribution in [2.45, 2.75) is 38.3 Å². The molecule has 172 valence electrons. The highest BCUT2D eigenvalue weighted by Gasteiger charge is 2.17. The van der Waals surface area contributed by atoms with Crippen LogP contribution in [0.3, 0.4) is 0 Å². The first-order valence-corrected chi connectivity index (χ1v) is 11.8. The number of nitrogens with one attached hydrogen (secondary N) is 2. The van der Waals surface area contributed by atoms with E-state index in [0.29, 0.717) is 40.8 Å². The summed E-state index contributed by atoms with van der Waals surface area (Å²) in [6.07, 6.45) is 0.